The summed E-state index contributed by atoms with van der Waals surface area (Å²) in [5, 5.41) is 0. The van der Waals surface area contributed by atoms with E-state index in [1.165, 1.54) is 18.2 Å². The molecule has 0 fully saturated rings. The Labute approximate surface area is 122 Å². The SMILES string of the molecule is Cc1ccc(C(=O)OCC(=O)c2ccccc2F)c(C)c1. The van der Waals surface area contributed by atoms with Crippen LogP contribution in [0.15, 0.2) is 42.5 Å². The van der Waals surface area contributed by atoms with Crippen LogP contribution in [0.3, 0.4) is 0 Å². The Bertz CT molecular complexity index is 692. The molecule has 21 heavy (non-hydrogen) atoms. The number of carbonyl (C=O) groups is 2. The highest BCUT2D eigenvalue weighted by molar-refractivity contribution is 5.99. The summed E-state index contributed by atoms with van der Waals surface area (Å²) in [5.41, 5.74) is 2.14. The molecule has 0 saturated heterocycles. The number of esters is 1. The normalized spacial score (nSPS) is 10.2. The largest absolute Gasteiger partial charge is 0.454 e. The molecule has 0 atom stereocenters. The highest BCUT2D eigenvalue weighted by Crippen LogP contribution is 2.13. The van der Waals surface area contributed by atoms with Gasteiger partial charge in [-0.2, -0.15) is 0 Å². The summed E-state index contributed by atoms with van der Waals surface area (Å²) < 4.78 is 18.4. The molecule has 0 aliphatic heterocycles. The van der Waals surface area contributed by atoms with E-state index in [9.17, 15) is 14.0 Å². The molecule has 0 unspecified atom stereocenters. The Morgan fingerprint density at radius 3 is 2.43 bits per heavy atom. The maximum Gasteiger partial charge on any atom is 0.338 e. The van der Waals surface area contributed by atoms with E-state index >= 15 is 0 Å². The van der Waals surface area contributed by atoms with Crippen molar-refractivity contribution in [2.24, 2.45) is 0 Å². The number of hydrogen-bond donors (Lipinski definition) is 0. The van der Waals surface area contributed by atoms with Gasteiger partial charge in [0.15, 0.2) is 6.61 Å². The number of halogens is 1. The quantitative estimate of drug-likeness (QED) is 0.638. The molecule has 2 aromatic carbocycles. The van der Waals surface area contributed by atoms with E-state index < -0.39 is 24.2 Å². The summed E-state index contributed by atoms with van der Waals surface area (Å²) in [6.07, 6.45) is 0. The number of ketones is 1. The van der Waals surface area contributed by atoms with E-state index in [2.05, 4.69) is 0 Å². The molecule has 3 nitrogen and oxygen atoms in total. The number of ether oxygens (including phenoxy) is 1. The molecular weight excluding hydrogens is 271 g/mol. The minimum absolute atomic E-state index is 0.0778. The average molecular weight is 286 g/mol. The van der Waals surface area contributed by atoms with Crippen molar-refractivity contribution in [3.05, 3.63) is 70.5 Å². The molecule has 2 aromatic rings. The molecule has 0 aliphatic rings. The van der Waals surface area contributed by atoms with Crippen molar-refractivity contribution >= 4 is 11.8 Å². The summed E-state index contributed by atoms with van der Waals surface area (Å²) in [4.78, 5) is 23.8. The number of carbonyl (C=O) groups excluding carboxylic acids is 2. The predicted molar refractivity (Wildman–Crippen MR) is 76.9 cm³/mol. The van der Waals surface area contributed by atoms with Crippen LogP contribution < -0.4 is 0 Å². The molecule has 0 aliphatic carbocycles. The van der Waals surface area contributed by atoms with Gasteiger partial charge >= 0.3 is 5.97 Å². The highest BCUT2D eigenvalue weighted by atomic mass is 19.1. The van der Waals surface area contributed by atoms with Crippen LogP contribution in [0.1, 0.15) is 31.8 Å². The first-order chi connectivity index (χ1) is 9.99. The molecule has 108 valence electrons. The van der Waals surface area contributed by atoms with Crippen LogP contribution >= 0.6 is 0 Å². The molecule has 0 aromatic heterocycles. The van der Waals surface area contributed by atoms with Gasteiger partial charge in [0.2, 0.25) is 5.78 Å². The Hall–Kier alpha value is -2.49. The zero-order valence-corrected chi connectivity index (χ0v) is 11.9. The van der Waals surface area contributed by atoms with Crippen LogP contribution in [0.2, 0.25) is 0 Å². The zero-order valence-electron chi connectivity index (χ0n) is 11.9. The van der Waals surface area contributed by atoms with Gasteiger partial charge in [0.05, 0.1) is 11.1 Å². The van der Waals surface area contributed by atoms with Gasteiger partial charge in [-0.25, -0.2) is 9.18 Å². The van der Waals surface area contributed by atoms with Crippen molar-refractivity contribution in [2.45, 2.75) is 13.8 Å². The molecule has 0 radical (unpaired) electrons. The van der Waals surface area contributed by atoms with Gasteiger partial charge in [-0.05, 0) is 37.6 Å². The van der Waals surface area contributed by atoms with Crippen molar-refractivity contribution in [2.75, 3.05) is 6.61 Å². The van der Waals surface area contributed by atoms with Gasteiger partial charge in [0.1, 0.15) is 5.82 Å². The maximum absolute atomic E-state index is 13.4. The van der Waals surface area contributed by atoms with E-state index in [0.29, 0.717) is 5.56 Å². The second kappa shape index (κ2) is 6.31. The number of Topliss-reactive ketones (excluding diaryl/α,β-unsaturated/α-hetero) is 1. The van der Waals surface area contributed by atoms with Gasteiger partial charge < -0.3 is 4.74 Å². The number of aryl methyl sites for hydroxylation is 2. The van der Waals surface area contributed by atoms with Crippen molar-refractivity contribution < 1.29 is 18.7 Å². The predicted octanol–water partition coefficient (Wildman–Crippen LogP) is 3.48. The molecule has 2 rings (SSSR count). The molecule has 0 N–H and O–H groups in total. The minimum Gasteiger partial charge on any atom is -0.454 e. The standard InChI is InChI=1S/C17H15FO3/c1-11-7-8-13(12(2)9-11)17(20)21-10-16(19)14-5-3-4-6-15(14)18/h3-9H,10H2,1-2H3. The first kappa shape index (κ1) is 14.9. The summed E-state index contributed by atoms with van der Waals surface area (Å²) in [5.74, 6) is -1.77. The van der Waals surface area contributed by atoms with Crippen LogP contribution in [0.25, 0.3) is 0 Å². The topological polar surface area (TPSA) is 43.4 Å². The lowest BCUT2D eigenvalue weighted by Gasteiger charge is -2.07. The minimum atomic E-state index is -0.620. The third-order valence-corrected chi connectivity index (χ3v) is 3.11. The lowest BCUT2D eigenvalue weighted by atomic mass is 10.1. The Balaban J connectivity index is 2.04. The van der Waals surface area contributed by atoms with E-state index in [0.717, 1.165) is 11.1 Å². The third-order valence-electron chi connectivity index (χ3n) is 3.11. The zero-order chi connectivity index (χ0) is 15.4. The lowest BCUT2D eigenvalue weighted by molar-refractivity contribution is 0.0473. The highest BCUT2D eigenvalue weighted by Gasteiger charge is 2.15. The van der Waals surface area contributed by atoms with Crippen LogP contribution in [-0.2, 0) is 4.74 Å². The number of rotatable bonds is 4. The average Bonchev–Trinajstić information content (AvgIpc) is 2.45. The van der Waals surface area contributed by atoms with E-state index in [4.69, 9.17) is 4.74 Å². The van der Waals surface area contributed by atoms with E-state index in [1.807, 2.05) is 13.0 Å². The van der Waals surface area contributed by atoms with Crippen molar-refractivity contribution in [1.82, 2.24) is 0 Å². The van der Waals surface area contributed by atoms with Crippen molar-refractivity contribution in [1.29, 1.82) is 0 Å². The fourth-order valence-corrected chi connectivity index (χ4v) is 2.02. The van der Waals surface area contributed by atoms with Crippen LogP contribution in [0.5, 0.6) is 0 Å². The molecule has 4 heteroatoms. The summed E-state index contributed by atoms with van der Waals surface area (Å²) in [6.45, 7) is 3.24. The molecule has 0 spiro atoms. The summed E-state index contributed by atoms with van der Waals surface area (Å²) >= 11 is 0. The Morgan fingerprint density at radius 2 is 1.76 bits per heavy atom. The molecule has 0 amide bonds. The fraction of sp³-hybridized carbons (Fsp3) is 0.176. The van der Waals surface area contributed by atoms with Crippen LogP contribution in [-0.4, -0.2) is 18.4 Å². The Morgan fingerprint density at radius 1 is 1.05 bits per heavy atom. The number of benzene rings is 2. The molecule has 0 bridgehead atoms. The van der Waals surface area contributed by atoms with Crippen molar-refractivity contribution in [3.8, 4) is 0 Å². The van der Waals surface area contributed by atoms with Gasteiger partial charge in [0, 0.05) is 0 Å². The van der Waals surface area contributed by atoms with E-state index in [1.54, 1.807) is 25.1 Å². The Kier molecular flexibility index (Phi) is 4.48. The molecule has 0 heterocycles. The lowest BCUT2D eigenvalue weighted by Crippen LogP contribution is -2.16. The fourth-order valence-electron chi connectivity index (χ4n) is 2.02. The summed E-state index contributed by atoms with van der Waals surface area (Å²) in [6, 6.07) is 10.9. The number of hydrogen-bond acceptors (Lipinski definition) is 3. The third kappa shape index (κ3) is 3.54. The van der Waals surface area contributed by atoms with Gasteiger partial charge in [-0.15, -0.1) is 0 Å². The van der Waals surface area contributed by atoms with Crippen LogP contribution in [0, 0.1) is 19.7 Å². The van der Waals surface area contributed by atoms with Gasteiger partial charge in [0.25, 0.3) is 0 Å². The first-order valence-electron chi connectivity index (χ1n) is 6.51. The smallest absolute Gasteiger partial charge is 0.338 e. The molecular formula is C17H15FO3. The van der Waals surface area contributed by atoms with Crippen LogP contribution in [0.4, 0.5) is 4.39 Å². The van der Waals surface area contributed by atoms with Crippen molar-refractivity contribution in [3.63, 3.8) is 0 Å². The monoisotopic (exact) mass is 286 g/mol. The van der Waals surface area contributed by atoms with Gasteiger partial charge in [-0.1, -0.05) is 29.8 Å². The van der Waals surface area contributed by atoms with Gasteiger partial charge in [-0.3, -0.25) is 4.79 Å². The maximum atomic E-state index is 13.4. The molecule has 0 saturated carbocycles. The first-order valence-corrected chi connectivity index (χ1v) is 6.51. The van der Waals surface area contributed by atoms with E-state index in [-0.39, 0.29) is 5.56 Å². The second-order valence-corrected chi connectivity index (χ2v) is 4.80. The summed E-state index contributed by atoms with van der Waals surface area (Å²) in [7, 11) is 0. The second-order valence-electron chi connectivity index (χ2n) is 4.80.